The topological polar surface area (TPSA) is 88.5 Å². The van der Waals surface area contributed by atoms with E-state index < -0.39 is 0 Å². The van der Waals surface area contributed by atoms with Crippen LogP contribution in [0.5, 0.6) is 0 Å². The van der Waals surface area contributed by atoms with Crippen molar-refractivity contribution in [2.24, 2.45) is 0 Å². The van der Waals surface area contributed by atoms with E-state index in [1.54, 1.807) is 4.68 Å². The number of thioether (sulfide) groups is 1. The summed E-state index contributed by atoms with van der Waals surface area (Å²) in [5, 5.41) is 15.7. The van der Waals surface area contributed by atoms with E-state index in [9.17, 15) is 4.79 Å². The van der Waals surface area contributed by atoms with E-state index in [1.165, 1.54) is 29.3 Å². The number of nitrogens with one attached hydrogen (secondary N) is 2. The van der Waals surface area contributed by atoms with Crippen LogP contribution in [0.25, 0.3) is 16.9 Å². The minimum absolute atomic E-state index is 0.115. The minimum atomic E-state index is -0.115. The van der Waals surface area contributed by atoms with Crippen molar-refractivity contribution in [3.63, 3.8) is 0 Å². The molecule has 4 aromatic rings. The van der Waals surface area contributed by atoms with Crippen LogP contribution in [-0.2, 0) is 17.6 Å². The number of hydrogen-bond donors (Lipinski definition) is 2. The van der Waals surface area contributed by atoms with Gasteiger partial charge in [-0.2, -0.15) is 5.10 Å². The number of para-hydroxylation sites is 1. The zero-order valence-electron chi connectivity index (χ0n) is 18.1. The molecule has 2 heterocycles. The van der Waals surface area contributed by atoms with Crippen LogP contribution in [0.15, 0.2) is 59.8 Å². The number of H-pyrrole nitrogens is 1. The fourth-order valence-electron chi connectivity index (χ4n) is 4.28. The Morgan fingerprint density at radius 3 is 2.79 bits per heavy atom. The first-order valence-electron chi connectivity index (χ1n) is 11.4. The second-order valence-electron chi connectivity index (χ2n) is 8.61. The predicted octanol–water partition coefficient (Wildman–Crippen LogP) is 4.75. The molecule has 0 bridgehead atoms. The van der Waals surface area contributed by atoms with E-state index in [1.807, 2.05) is 36.4 Å². The number of amides is 1. The number of aryl methyl sites for hydroxylation is 2. The molecule has 0 atom stereocenters. The lowest BCUT2D eigenvalue weighted by Crippen LogP contribution is -2.17. The lowest BCUT2D eigenvalue weighted by atomic mass is 10.0. The molecule has 2 aliphatic carbocycles. The van der Waals surface area contributed by atoms with Gasteiger partial charge in [0.25, 0.3) is 0 Å². The molecule has 0 radical (unpaired) electrons. The van der Waals surface area contributed by atoms with Crippen molar-refractivity contribution in [3.05, 3.63) is 71.5 Å². The third kappa shape index (κ3) is 4.30. The van der Waals surface area contributed by atoms with Crippen molar-refractivity contribution in [3.8, 4) is 16.9 Å². The van der Waals surface area contributed by atoms with Crippen LogP contribution < -0.4 is 5.32 Å². The highest BCUT2D eigenvalue weighted by atomic mass is 32.2. The van der Waals surface area contributed by atoms with Gasteiger partial charge in [0.05, 0.1) is 17.1 Å². The highest BCUT2D eigenvalue weighted by Crippen LogP contribution is 2.38. The van der Waals surface area contributed by atoms with Crippen molar-refractivity contribution in [1.29, 1.82) is 0 Å². The monoisotopic (exact) mass is 456 g/mol. The number of anilines is 1. The Bertz CT molecular complexity index is 1310. The van der Waals surface area contributed by atoms with Crippen molar-refractivity contribution in [1.82, 2.24) is 25.0 Å². The van der Waals surface area contributed by atoms with Crippen molar-refractivity contribution in [2.75, 3.05) is 11.1 Å². The molecule has 33 heavy (non-hydrogen) atoms. The van der Waals surface area contributed by atoms with Crippen LogP contribution in [0.3, 0.4) is 0 Å². The summed E-state index contributed by atoms with van der Waals surface area (Å²) in [6.07, 6.45) is 5.81. The third-order valence-corrected chi connectivity index (χ3v) is 7.00. The summed E-state index contributed by atoms with van der Waals surface area (Å²) in [6, 6.07) is 18.4. The molecule has 0 saturated heterocycles. The number of nitrogens with zero attached hydrogens (tertiary/aromatic N) is 4. The molecule has 2 aromatic heterocycles. The van der Waals surface area contributed by atoms with Crippen molar-refractivity contribution in [2.45, 2.75) is 43.2 Å². The Hall–Kier alpha value is -3.39. The average Bonchev–Trinajstić information content (AvgIpc) is 3.23. The minimum Gasteiger partial charge on any atom is -0.310 e. The number of hydrogen-bond acceptors (Lipinski definition) is 5. The molecule has 1 saturated carbocycles. The fraction of sp³-hybridized carbons (Fsp3) is 0.280. The van der Waals surface area contributed by atoms with E-state index in [4.69, 9.17) is 5.10 Å². The smallest absolute Gasteiger partial charge is 0.236 e. The number of carbonyl (C=O) groups is 1. The zero-order chi connectivity index (χ0) is 22.2. The Labute approximate surface area is 196 Å². The van der Waals surface area contributed by atoms with Crippen LogP contribution in [0.4, 0.5) is 5.82 Å². The number of benzene rings is 2. The Morgan fingerprint density at radius 2 is 1.94 bits per heavy atom. The maximum Gasteiger partial charge on any atom is 0.236 e. The van der Waals surface area contributed by atoms with Gasteiger partial charge < -0.3 is 5.32 Å². The van der Waals surface area contributed by atoms with Crippen molar-refractivity contribution < 1.29 is 4.79 Å². The first-order chi connectivity index (χ1) is 16.2. The number of aromatic nitrogens is 5. The second-order valence-corrected chi connectivity index (χ2v) is 9.56. The molecule has 2 N–H and O–H groups in total. The highest BCUT2D eigenvalue weighted by Gasteiger charge is 2.27. The van der Waals surface area contributed by atoms with Gasteiger partial charge in [-0.25, -0.2) is 9.67 Å². The lowest BCUT2D eigenvalue weighted by molar-refractivity contribution is -0.113. The summed E-state index contributed by atoms with van der Waals surface area (Å²) in [5.41, 5.74) is 5.66. The van der Waals surface area contributed by atoms with E-state index in [2.05, 4.69) is 38.7 Å². The number of rotatable bonds is 7. The highest BCUT2D eigenvalue weighted by molar-refractivity contribution is 7.99. The first-order valence-corrected chi connectivity index (χ1v) is 12.3. The molecule has 1 fully saturated rings. The molecule has 6 rings (SSSR count). The van der Waals surface area contributed by atoms with Crippen LogP contribution in [0.2, 0.25) is 0 Å². The summed E-state index contributed by atoms with van der Waals surface area (Å²) in [4.78, 5) is 17.3. The molecule has 1 amide bonds. The molecule has 2 aromatic carbocycles. The van der Waals surface area contributed by atoms with Crippen LogP contribution >= 0.6 is 11.8 Å². The van der Waals surface area contributed by atoms with Gasteiger partial charge >= 0.3 is 0 Å². The van der Waals surface area contributed by atoms with Gasteiger partial charge in [0.1, 0.15) is 11.6 Å². The Morgan fingerprint density at radius 1 is 1.09 bits per heavy atom. The van der Waals surface area contributed by atoms with Crippen LogP contribution in [0, 0.1) is 0 Å². The van der Waals surface area contributed by atoms with Gasteiger partial charge in [-0.15, -0.1) is 5.10 Å². The summed E-state index contributed by atoms with van der Waals surface area (Å²) in [5.74, 6) is 2.21. The van der Waals surface area contributed by atoms with Crippen molar-refractivity contribution >= 4 is 23.5 Å². The van der Waals surface area contributed by atoms with Gasteiger partial charge in [0.2, 0.25) is 11.1 Å². The normalized spacial score (nSPS) is 14.9. The molecule has 0 spiro atoms. The predicted molar refractivity (Wildman–Crippen MR) is 129 cm³/mol. The summed E-state index contributed by atoms with van der Waals surface area (Å²) in [7, 11) is 0. The van der Waals surface area contributed by atoms with Gasteiger partial charge in [0, 0.05) is 17.5 Å². The average molecular weight is 457 g/mol. The van der Waals surface area contributed by atoms with Crippen LogP contribution in [0.1, 0.15) is 42.1 Å². The SMILES string of the molecule is O=C(CSc1n[nH]c(C2CC2)n1)Nc1cc(-c2ccc3c(c2)CCC3)nn1-c1ccccc1. The molecular weight excluding hydrogens is 432 g/mol. The summed E-state index contributed by atoms with van der Waals surface area (Å²) < 4.78 is 1.79. The Kier molecular flexibility index (Phi) is 5.22. The van der Waals surface area contributed by atoms with Crippen LogP contribution in [-0.4, -0.2) is 36.6 Å². The standard InChI is InChI=1S/C25H24N6OS/c32-23(15-33-25-27-24(28-29-25)17-10-11-17)26-22-14-21(30-31(22)20-7-2-1-3-8-20)19-12-9-16-5-4-6-18(16)13-19/h1-3,7-9,12-14,17H,4-6,10-11,15H2,(H,26,32)(H,27,28,29). The molecule has 0 unspecified atom stereocenters. The number of carbonyl (C=O) groups excluding carboxylic acids is 1. The fourth-order valence-corrected chi connectivity index (χ4v) is 4.88. The van der Waals surface area contributed by atoms with E-state index in [0.717, 1.165) is 48.5 Å². The van der Waals surface area contributed by atoms with Gasteiger partial charge in [0.15, 0.2) is 0 Å². The summed E-state index contributed by atoms with van der Waals surface area (Å²) in [6.45, 7) is 0. The first kappa shape index (κ1) is 20.2. The molecule has 8 heteroatoms. The van der Waals surface area contributed by atoms with E-state index in [-0.39, 0.29) is 11.7 Å². The summed E-state index contributed by atoms with van der Waals surface area (Å²) >= 11 is 1.34. The Balaban J connectivity index is 1.23. The number of fused-ring (bicyclic) bond motifs is 1. The quantitative estimate of drug-likeness (QED) is 0.392. The number of aromatic amines is 1. The van der Waals surface area contributed by atoms with Gasteiger partial charge in [-0.3, -0.25) is 9.89 Å². The third-order valence-electron chi connectivity index (χ3n) is 6.15. The zero-order valence-corrected chi connectivity index (χ0v) is 18.9. The molecule has 7 nitrogen and oxygen atoms in total. The lowest BCUT2D eigenvalue weighted by Gasteiger charge is -2.08. The molecule has 0 aliphatic heterocycles. The van der Waals surface area contributed by atoms with Gasteiger partial charge in [-0.1, -0.05) is 42.1 Å². The maximum absolute atomic E-state index is 12.8. The molecular formula is C25H24N6OS. The van der Waals surface area contributed by atoms with E-state index in [0.29, 0.717) is 16.9 Å². The molecule has 2 aliphatic rings. The van der Waals surface area contributed by atoms with Gasteiger partial charge in [-0.05, 0) is 61.4 Å². The van der Waals surface area contributed by atoms with E-state index >= 15 is 0 Å². The second kappa shape index (κ2) is 8.51. The molecule has 166 valence electrons. The maximum atomic E-state index is 12.8. The largest absolute Gasteiger partial charge is 0.310 e.